The minimum atomic E-state index is -6.10. The first kappa shape index (κ1) is 41.1. The molecule has 4 aliphatic carbocycles. The zero-order chi connectivity index (χ0) is 38.7. The maximum Gasteiger partial charge on any atom is 0.430 e. The van der Waals surface area contributed by atoms with Gasteiger partial charge in [-0.25, -0.2) is 13.4 Å². The van der Waals surface area contributed by atoms with Crippen LogP contribution >= 0.6 is 11.3 Å². The number of hydrogen-bond donors (Lipinski definition) is 4. The van der Waals surface area contributed by atoms with Crippen LogP contribution in [0.15, 0.2) is 28.5 Å². The van der Waals surface area contributed by atoms with E-state index in [2.05, 4.69) is 15.6 Å². The highest BCUT2D eigenvalue weighted by atomic mass is 32.2. The monoisotopic (exact) mass is 800 g/mol. The second kappa shape index (κ2) is 16.4. The lowest BCUT2D eigenvalue weighted by Crippen LogP contribution is -2.53. The van der Waals surface area contributed by atoms with Crippen molar-refractivity contribution in [1.82, 2.24) is 10.3 Å². The fraction of sp³-hybridized carbons (Fsp3) is 0.667. The predicted octanol–water partition coefficient (Wildman–Crippen LogP) is 5.28. The van der Waals surface area contributed by atoms with E-state index in [0.717, 1.165) is 17.8 Å². The van der Waals surface area contributed by atoms with Crippen molar-refractivity contribution < 1.29 is 63.7 Å². The molecule has 4 aliphatic rings. The van der Waals surface area contributed by atoms with E-state index in [-0.39, 0.29) is 58.3 Å². The number of halogens is 6. The second-order valence-corrected chi connectivity index (χ2v) is 16.7. The molecule has 0 radical (unpaired) electrons. The minimum Gasteiger partial charge on any atom is -0.379 e. The molecule has 4 bridgehead atoms. The number of amides is 2. The molecule has 0 saturated heterocycles. The third-order valence-corrected chi connectivity index (χ3v) is 13.1. The van der Waals surface area contributed by atoms with Crippen LogP contribution < -0.4 is 15.4 Å². The van der Waals surface area contributed by atoms with E-state index in [0.29, 0.717) is 68.4 Å². The van der Waals surface area contributed by atoms with Gasteiger partial charge in [0.1, 0.15) is 0 Å². The van der Waals surface area contributed by atoms with Crippen LogP contribution in [-0.4, -0.2) is 88.9 Å². The number of thiazole rings is 1. The summed E-state index contributed by atoms with van der Waals surface area (Å²) in [5, 5.41) is 14.9. The topological polar surface area (TPSA) is 165 Å². The molecule has 4 N–H and O–H groups in total. The summed E-state index contributed by atoms with van der Waals surface area (Å²) in [4.78, 5) is 28.9. The number of hydrogen-bond acceptors (Lipinski definition) is 10. The van der Waals surface area contributed by atoms with Gasteiger partial charge in [0.05, 0.1) is 51.8 Å². The van der Waals surface area contributed by atoms with Crippen LogP contribution in [-0.2, 0) is 39.4 Å². The highest BCUT2D eigenvalue weighted by molar-refractivity contribution is 7.94. The summed E-state index contributed by atoms with van der Waals surface area (Å²) in [6.45, 7) is 3.29. The molecule has 20 heteroatoms. The van der Waals surface area contributed by atoms with Gasteiger partial charge in [-0.3, -0.25) is 14.3 Å². The zero-order valence-electron chi connectivity index (χ0n) is 28.8. The fourth-order valence-corrected chi connectivity index (χ4v) is 10.4. The van der Waals surface area contributed by atoms with Crippen molar-refractivity contribution in [2.45, 2.75) is 74.0 Å². The summed E-state index contributed by atoms with van der Waals surface area (Å²) < 4.78 is 123. The minimum absolute atomic E-state index is 0.0274. The number of aliphatic hydroxyl groups is 1. The lowest BCUT2D eigenvalue weighted by atomic mass is 9.73. The smallest absolute Gasteiger partial charge is 0.379 e. The molecule has 2 amide bonds. The summed E-state index contributed by atoms with van der Waals surface area (Å²) in [5.74, 6) is 1.94. The Bertz CT molecular complexity index is 1680. The van der Waals surface area contributed by atoms with Gasteiger partial charge in [0.25, 0.3) is 15.6 Å². The molecule has 6 rings (SSSR count). The van der Waals surface area contributed by atoms with Gasteiger partial charge in [0, 0.05) is 24.2 Å². The van der Waals surface area contributed by atoms with E-state index >= 15 is 0 Å². The Morgan fingerprint density at radius 2 is 1.45 bits per heavy atom. The number of ether oxygens (including phenoxy) is 3. The average molecular weight is 801 g/mol. The Labute approximate surface area is 306 Å². The Hall–Kier alpha value is -3.04. The third-order valence-electron chi connectivity index (χ3n) is 10.1. The lowest BCUT2D eigenvalue weighted by molar-refractivity contribution is -0.376. The van der Waals surface area contributed by atoms with Gasteiger partial charge < -0.3 is 30.0 Å². The highest BCUT2D eigenvalue weighted by Crippen LogP contribution is 2.66. The molecule has 2 aromatic rings. The largest absolute Gasteiger partial charge is 0.430 e. The van der Waals surface area contributed by atoms with Crippen LogP contribution in [0.4, 0.5) is 37.2 Å². The molecule has 296 valence electrons. The van der Waals surface area contributed by atoms with Crippen molar-refractivity contribution in [1.29, 1.82) is 0 Å². The number of nitrogens with one attached hydrogen (secondary N) is 3. The number of sulfonamides is 1. The quantitative estimate of drug-likeness (QED) is 0.109. The van der Waals surface area contributed by atoms with Crippen LogP contribution in [0.5, 0.6) is 0 Å². The maximum atomic E-state index is 13.1. The van der Waals surface area contributed by atoms with Crippen LogP contribution in [0.1, 0.15) is 56.2 Å². The van der Waals surface area contributed by atoms with Gasteiger partial charge in [-0.15, -0.1) is 0 Å². The number of carbonyl (C=O) groups is 2. The predicted molar refractivity (Wildman–Crippen MR) is 179 cm³/mol. The number of alkyl halides is 6. The summed E-state index contributed by atoms with van der Waals surface area (Å²) in [6, 6.07) is 1.89. The van der Waals surface area contributed by atoms with Gasteiger partial charge >= 0.3 is 12.4 Å². The lowest BCUT2D eigenvalue weighted by Gasteiger charge is -2.32. The second-order valence-electron chi connectivity index (χ2n) is 13.8. The Kier molecular flexibility index (Phi) is 12.7. The van der Waals surface area contributed by atoms with Gasteiger partial charge in [0.15, 0.2) is 9.34 Å². The van der Waals surface area contributed by atoms with E-state index in [9.17, 15) is 49.5 Å². The van der Waals surface area contributed by atoms with Crippen molar-refractivity contribution >= 4 is 44.0 Å². The van der Waals surface area contributed by atoms with E-state index in [1.807, 2.05) is 4.72 Å². The standard InChI is InChI=1S/C33H42F6N4O8S2/c1-20-28(53(47,48)43-25-4-2-23(3-5-25)31(46,32(34,35)36)33(37,38)39)52-29(41-20)42-26(44)6-8-49-10-12-51-13-11-50-9-7-40-27(45)19-30-17-21-14-22(18-30)16-24(30)15-21/h2-5,21-22,24,43,46H,6-19H2,1H3,(H,40,45)(H,41,42,44). The van der Waals surface area contributed by atoms with Crippen molar-refractivity contribution in [3.63, 3.8) is 0 Å². The van der Waals surface area contributed by atoms with Crippen LogP contribution in [0.3, 0.4) is 0 Å². The molecule has 12 nitrogen and oxygen atoms in total. The van der Waals surface area contributed by atoms with Crippen LogP contribution in [0.2, 0.25) is 0 Å². The van der Waals surface area contributed by atoms with Crippen LogP contribution in [0.25, 0.3) is 0 Å². The SMILES string of the molecule is Cc1nc(NC(=O)CCOCCOCCOCCNC(=O)CC23CC4CC(CC2C4)C3)sc1S(=O)(=O)Nc1ccc(C(O)(C(F)(F)F)C(F)(F)F)cc1. The van der Waals surface area contributed by atoms with Gasteiger partial charge in [-0.05, 0) is 74.3 Å². The Balaban J connectivity index is 0.928. The number of rotatable bonds is 19. The van der Waals surface area contributed by atoms with E-state index < -0.39 is 39.4 Å². The van der Waals surface area contributed by atoms with Crippen molar-refractivity contribution in [2.75, 3.05) is 56.2 Å². The number of benzene rings is 1. The normalized spacial score (nSPS) is 22.7. The molecule has 53 heavy (non-hydrogen) atoms. The summed E-state index contributed by atoms with van der Waals surface area (Å²) in [6.07, 6.45) is -5.32. The van der Waals surface area contributed by atoms with E-state index in [1.54, 1.807) is 0 Å². The summed E-state index contributed by atoms with van der Waals surface area (Å²) in [5.41, 5.74) is -6.91. The average Bonchev–Trinajstić information content (AvgIpc) is 3.63. The van der Waals surface area contributed by atoms with Gasteiger partial charge in [0.2, 0.25) is 11.8 Å². The third kappa shape index (κ3) is 9.62. The van der Waals surface area contributed by atoms with Gasteiger partial charge in [-0.1, -0.05) is 23.5 Å². The first-order valence-corrected chi connectivity index (χ1v) is 19.4. The molecule has 1 heterocycles. The Morgan fingerprint density at radius 3 is 2.04 bits per heavy atom. The number of nitrogens with zero attached hydrogens (tertiary/aromatic N) is 1. The molecular weight excluding hydrogens is 759 g/mol. The summed E-state index contributed by atoms with van der Waals surface area (Å²) >= 11 is 0.575. The molecule has 0 aliphatic heterocycles. The molecule has 4 saturated carbocycles. The maximum absolute atomic E-state index is 13.1. The highest BCUT2D eigenvalue weighted by Gasteiger charge is 2.71. The first-order chi connectivity index (χ1) is 24.8. The number of aryl methyl sites for hydroxylation is 1. The number of carbonyl (C=O) groups excluding carboxylic acids is 2. The van der Waals surface area contributed by atoms with Crippen LogP contribution in [0, 0.1) is 30.1 Å². The van der Waals surface area contributed by atoms with Crippen molar-refractivity contribution in [2.24, 2.45) is 23.2 Å². The fourth-order valence-electron chi connectivity index (χ4n) is 7.94. The van der Waals surface area contributed by atoms with Crippen molar-refractivity contribution in [3.05, 3.63) is 35.5 Å². The zero-order valence-corrected chi connectivity index (χ0v) is 30.4. The molecule has 2 unspecified atom stereocenters. The molecule has 0 spiro atoms. The Morgan fingerprint density at radius 1 is 0.887 bits per heavy atom. The van der Waals surface area contributed by atoms with Crippen molar-refractivity contribution in [3.8, 4) is 0 Å². The molecule has 4 fully saturated rings. The molecule has 1 aromatic heterocycles. The first-order valence-electron chi connectivity index (χ1n) is 17.1. The molecular formula is C33H42F6N4O8S2. The number of anilines is 2. The number of aromatic nitrogens is 1. The van der Waals surface area contributed by atoms with E-state index in [1.165, 1.54) is 39.0 Å². The van der Waals surface area contributed by atoms with Gasteiger partial charge in [-0.2, -0.15) is 26.3 Å². The molecule has 2 atom stereocenters. The summed E-state index contributed by atoms with van der Waals surface area (Å²) in [7, 11) is -4.43. The molecule has 1 aromatic carbocycles. The van der Waals surface area contributed by atoms with E-state index in [4.69, 9.17) is 14.2 Å².